The average Bonchev–Trinajstić information content (AvgIpc) is 2.54. The molecule has 1 saturated carbocycles. The lowest BCUT2D eigenvalue weighted by atomic mass is 9.86. The van der Waals surface area contributed by atoms with Crippen LogP contribution in [-0.2, 0) is 14.9 Å². The molecule has 3 atom stereocenters. The van der Waals surface area contributed by atoms with E-state index in [4.69, 9.17) is 9.47 Å². The molecule has 126 valence electrons. The summed E-state index contributed by atoms with van der Waals surface area (Å²) in [6.45, 7) is 7.88. The van der Waals surface area contributed by atoms with Gasteiger partial charge in [0.2, 0.25) is 0 Å². The van der Waals surface area contributed by atoms with Gasteiger partial charge >= 0.3 is 0 Å². The lowest BCUT2D eigenvalue weighted by Crippen LogP contribution is -2.49. The zero-order valence-electron chi connectivity index (χ0n) is 14.3. The largest absolute Gasteiger partial charge is 0.373 e. The van der Waals surface area contributed by atoms with Crippen molar-refractivity contribution in [2.75, 3.05) is 13.2 Å². The maximum Gasteiger partial charge on any atom is 0.251 e. The highest BCUT2D eigenvalue weighted by Crippen LogP contribution is 2.27. The van der Waals surface area contributed by atoms with Crippen LogP contribution in [0, 0.1) is 0 Å². The Morgan fingerprint density at radius 3 is 2.35 bits per heavy atom. The summed E-state index contributed by atoms with van der Waals surface area (Å²) in [5.41, 5.74) is 2.06. The molecule has 1 N–H and O–H groups in total. The van der Waals surface area contributed by atoms with E-state index in [-0.39, 0.29) is 29.6 Å². The molecule has 1 heterocycles. The molecule has 4 heteroatoms. The van der Waals surface area contributed by atoms with E-state index in [0.717, 1.165) is 24.8 Å². The number of nitrogens with one attached hydrogen (secondary N) is 1. The number of carbonyl (C=O) groups excluding carboxylic acids is 1. The molecule has 1 saturated heterocycles. The maximum absolute atomic E-state index is 12.5. The fourth-order valence-corrected chi connectivity index (χ4v) is 3.39. The molecule has 1 aliphatic heterocycles. The van der Waals surface area contributed by atoms with Crippen LogP contribution in [0.3, 0.4) is 0 Å². The third kappa shape index (κ3) is 3.93. The van der Waals surface area contributed by atoms with Crippen molar-refractivity contribution in [1.29, 1.82) is 0 Å². The summed E-state index contributed by atoms with van der Waals surface area (Å²) in [7, 11) is 0. The molecule has 1 amide bonds. The Hall–Kier alpha value is -1.39. The van der Waals surface area contributed by atoms with E-state index in [2.05, 4.69) is 26.1 Å². The number of hydrogen-bond acceptors (Lipinski definition) is 3. The second-order valence-corrected chi connectivity index (χ2v) is 7.63. The number of hydrogen-bond donors (Lipinski definition) is 1. The highest BCUT2D eigenvalue weighted by molar-refractivity contribution is 5.94. The minimum absolute atomic E-state index is 0.00522. The van der Waals surface area contributed by atoms with Gasteiger partial charge in [-0.3, -0.25) is 4.79 Å². The lowest BCUT2D eigenvalue weighted by molar-refractivity contribution is -0.157. The van der Waals surface area contributed by atoms with Gasteiger partial charge in [-0.1, -0.05) is 32.9 Å². The van der Waals surface area contributed by atoms with E-state index in [9.17, 15) is 4.79 Å². The molecule has 2 fully saturated rings. The summed E-state index contributed by atoms with van der Waals surface area (Å²) in [6.07, 6.45) is 3.10. The Kier molecular flexibility index (Phi) is 4.74. The van der Waals surface area contributed by atoms with Crippen LogP contribution in [0.1, 0.15) is 56.0 Å². The quantitative estimate of drug-likeness (QED) is 0.912. The predicted molar refractivity (Wildman–Crippen MR) is 89.7 cm³/mol. The number of amides is 1. The molecule has 0 radical (unpaired) electrons. The minimum atomic E-state index is 0.00522. The highest BCUT2D eigenvalue weighted by atomic mass is 16.6. The van der Waals surface area contributed by atoms with Crippen molar-refractivity contribution in [1.82, 2.24) is 5.32 Å². The van der Waals surface area contributed by atoms with Gasteiger partial charge in [-0.15, -0.1) is 0 Å². The zero-order valence-corrected chi connectivity index (χ0v) is 14.3. The molecule has 3 rings (SSSR count). The molecule has 1 aromatic carbocycles. The van der Waals surface area contributed by atoms with Crippen molar-refractivity contribution >= 4 is 5.91 Å². The number of fused-ring (bicyclic) bond motifs is 1. The molecule has 0 aromatic heterocycles. The van der Waals surface area contributed by atoms with Crippen LogP contribution in [0.5, 0.6) is 0 Å². The van der Waals surface area contributed by atoms with E-state index in [1.54, 1.807) is 0 Å². The summed E-state index contributed by atoms with van der Waals surface area (Å²) in [5, 5.41) is 3.15. The molecular weight excluding hydrogens is 290 g/mol. The number of benzene rings is 1. The molecule has 23 heavy (non-hydrogen) atoms. The Balaban J connectivity index is 1.58. The van der Waals surface area contributed by atoms with Crippen molar-refractivity contribution in [3.63, 3.8) is 0 Å². The van der Waals surface area contributed by atoms with Crippen LogP contribution in [0.25, 0.3) is 0 Å². The smallest absolute Gasteiger partial charge is 0.251 e. The molecule has 0 bridgehead atoms. The van der Waals surface area contributed by atoms with Crippen molar-refractivity contribution in [3.8, 4) is 0 Å². The van der Waals surface area contributed by atoms with Crippen LogP contribution in [-0.4, -0.2) is 37.4 Å². The minimum Gasteiger partial charge on any atom is -0.373 e. The molecule has 0 spiro atoms. The second-order valence-electron chi connectivity index (χ2n) is 7.63. The first kappa shape index (κ1) is 16.5. The first-order chi connectivity index (χ1) is 10.9. The van der Waals surface area contributed by atoms with Gasteiger partial charge in [0.15, 0.2) is 0 Å². The summed E-state index contributed by atoms with van der Waals surface area (Å²) in [5.74, 6) is 0.00522. The molecule has 0 unspecified atom stereocenters. The van der Waals surface area contributed by atoms with Crippen molar-refractivity contribution < 1.29 is 14.3 Å². The van der Waals surface area contributed by atoms with Gasteiger partial charge in [-0.2, -0.15) is 0 Å². The molecule has 1 aromatic rings. The van der Waals surface area contributed by atoms with E-state index in [1.807, 2.05) is 24.3 Å². The van der Waals surface area contributed by atoms with Crippen LogP contribution >= 0.6 is 0 Å². The standard InChI is InChI=1S/C19H27NO3/c1-19(2,3)14-6-4-13(5-7-14)18(21)20-15-8-9-16-17(12-15)23-11-10-22-16/h4-7,15-17H,8-12H2,1-3H3,(H,20,21)/t15-,16+,17+/m1/s1. The van der Waals surface area contributed by atoms with Crippen LogP contribution in [0.4, 0.5) is 0 Å². The summed E-state index contributed by atoms with van der Waals surface area (Å²) in [4.78, 5) is 12.5. The maximum atomic E-state index is 12.5. The number of carbonyl (C=O) groups is 1. The second kappa shape index (κ2) is 6.62. The fraction of sp³-hybridized carbons (Fsp3) is 0.632. The van der Waals surface area contributed by atoms with Crippen LogP contribution < -0.4 is 5.32 Å². The first-order valence-corrected chi connectivity index (χ1v) is 8.58. The highest BCUT2D eigenvalue weighted by Gasteiger charge is 2.34. The summed E-state index contributed by atoms with van der Waals surface area (Å²) >= 11 is 0. The normalized spacial score (nSPS) is 28.0. The average molecular weight is 317 g/mol. The number of ether oxygens (including phenoxy) is 2. The van der Waals surface area contributed by atoms with Crippen molar-refractivity contribution in [2.45, 2.75) is 63.7 Å². The van der Waals surface area contributed by atoms with Crippen LogP contribution in [0.15, 0.2) is 24.3 Å². The molecule has 4 nitrogen and oxygen atoms in total. The van der Waals surface area contributed by atoms with E-state index in [1.165, 1.54) is 5.56 Å². The van der Waals surface area contributed by atoms with Gasteiger partial charge in [-0.05, 0) is 42.4 Å². The van der Waals surface area contributed by atoms with Gasteiger partial charge in [0.25, 0.3) is 5.91 Å². The third-order valence-electron chi connectivity index (χ3n) is 4.83. The van der Waals surface area contributed by atoms with E-state index < -0.39 is 0 Å². The van der Waals surface area contributed by atoms with Gasteiger partial charge in [-0.25, -0.2) is 0 Å². The Labute approximate surface area is 138 Å². The summed E-state index contributed by atoms with van der Waals surface area (Å²) < 4.78 is 11.5. The predicted octanol–water partition coefficient (Wildman–Crippen LogP) is 3.05. The SMILES string of the molecule is CC(C)(C)c1ccc(C(=O)N[C@@H]2CC[C@@H]3OCCO[C@H]3C2)cc1. The van der Waals surface area contributed by atoms with Crippen molar-refractivity contribution in [2.24, 2.45) is 0 Å². The lowest BCUT2D eigenvalue weighted by Gasteiger charge is -2.39. The van der Waals surface area contributed by atoms with Crippen LogP contribution in [0.2, 0.25) is 0 Å². The zero-order chi connectivity index (χ0) is 16.4. The first-order valence-electron chi connectivity index (χ1n) is 8.58. The van der Waals surface area contributed by atoms with Gasteiger partial charge in [0.1, 0.15) is 0 Å². The topological polar surface area (TPSA) is 47.6 Å². The van der Waals surface area contributed by atoms with Gasteiger partial charge in [0, 0.05) is 11.6 Å². The molecule has 1 aliphatic carbocycles. The van der Waals surface area contributed by atoms with Gasteiger partial charge < -0.3 is 14.8 Å². The van der Waals surface area contributed by atoms with E-state index >= 15 is 0 Å². The Bertz CT molecular complexity index is 547. The number of rotatable bonds is 2. The van der Waals surface area contributed by atoms with E-state index in [0.29, 0.717) is 13.2 Å². The monoisotopic (exact) mass is 317 g/mol. The fourth-order valence-electron chi connectivity index (χ4n) is 3.39. The van der Waals surface area contributed by atoms with Crippen molar-refractivity contribution in [3.05, 3.63) is 35.4 Å². The van der Waals surface area contributed by atoms with Gasteiger partial charge in [0.05, 0.1) is 25.4 Å². The summed E-state index contributed by atoms with van der Waals surface area (Å²) in [6, 6.07) is 8.10. The molecule has 2 aliphatic rings. The Morgan fingerprint density at radius 2 is 1.70 bits per heavy atom. The molecular formula is C19H27NO3. The Morgan fingerprint density at radius 1 is 1.04 bits per heavy atom. The third-order valence-corrected chi connectivity index (χ3v) is 4.83.